The number of ether oxygens (including phenoxy) is 1. The van der Waals surface area contributed by atoms with Gasteiger partial charge >= 0.3 is 0 Å². The zero-order valence-electron chi connectivity index (χ0n) is 11.4. The summed E-state index contributed by atoms with van der Waals surface area (Å²) in [6.07, 6.45) is 2.82. The van der Waals surface area contributed by atoms with Crippen LogP contribution in [-0.2, 0) is 4.74 Å². The van der Waals surface area contributed by atoms with Gasteiger partial charge in [0.25, 0.3) is 5.69 Å². The van der Waals surface area contributed by atoms with E-state index in [1.165, 1.54) is 6.07 Å². The second-order valence-electron chi connectivity index (χ2n) is 5.29. The Labute approximate surface area is 113 Å². The topological polar surface area (TPSA) is 64.4 Å². The molecule has 0 amide bonds. The minimum atomic E-state index is -0.370. The predicted molar refractivity (Wildman–Crippen MR) is 74.4 cm³/mol. The fourth-order valence-electron chi connectivity index (χ4n) is 2.44. The molecular weight excluding hydrogens is 244 g/mol. The second kappa shape index (κ2) is 5.57. The molecule has 1 aliphatic heterocycles. The third-order valence-corrected chi connectivity index (χ3v) is 3.77. The molecule has 1 aromatic rings. The van der Waals surface area contributed by atoms with Gasteiger partial charge < -0.3 is 10.1 Å². The van der Waals surface area contributed by atoms with Crippen molar-refractivity contribution in [2.24, 2.45) is 0 Å². The molecule has 104 valence electrons. The number of nitrogens with zero attached hydrogens (tertiary/aromatic N) is 1. The van der Waals surface area contributed by atoms with E-state index in [9.17, 15) is 10.1 Å². The van der Waals surface area contributed by atoms with Crippen molar-refractivity contribution in [2.45, 2.75) is 44.8 Å². The SMILES string of the molecule is CCC1(C)CC(Nc2cccc([N+](=O)[O-])c2)CCO1. The molecule has 0 bridgehead atoms. The minimum absolute atomic E-state index is 0.0867. The summed E-state index contributed by atoms with van der Waals surface area (Å²) in [6, 6.07) is 6.97. The van der Waals surface area contributed by atoms with Crippen molar-refractivity contribution in [2.75, 3.05) is 11.9 Å². The van der Waals surface area contributed by atoms with E-state index in [2.05, 4.69) is 19.2 Å². The van der Waals surface area contributed by atoms with Gasteiger partial charge in [-0.25, -0.2) is 0 Å². The number of nitro groups is 1. The molecule has 0 saturated carbocycles. The van der Waals surface area contributed by atoms with Gasteiger partial charge in [0.1, 0.15) is 0 Å². The molecule has 0 radical (unpaired) electrons. The zero-order chi connectivity index (χ0) is 13.9. The lowest BCUT2D eigenvalue weighted by Crippen LogP contribution is -2.41. The molecule has 2 atom stereocenters. The molecule has 1 aromatic carbocycles. The van der Waals surface area contributed by atoms with Crippen LogP contribution in [0.5, 0.6) is 0 Å². The molecule has 19 heavy (non-hydrogen) atoms. The fourth-order valence-corrected chi connectivity index (χ4v) is 2.44. The van der Waals surface area contributed by atoms with Crippen molar-refractivity contribution in [3.05, 3.63) is 34.4 Å². The van der Waals surface area contributed by atoms with Gasteiger partial charge in [-0.3, -0.25) is 10.1 Å². The molecule has 2 unspecified atom stereocenters. The molecule has 5 heteroatoms. The van der Waals surface area contributed by atoms with Crippen LogP contribution in [0.1, 0.15) is 33.1 Å². The van der Waals surface area contributed by atoms with Gasteiger partial charge in [-0.2, -0.15) is 0 Å². The summed E-state index contributed by atoms with van der Waals surface area (Å²) in [4.78, 5) is 10.4. The van der Waals surface area contributed by atoms with Crippen LogP contribution in [0.25, 0.3) is 0 Å². The molecule has 5 nitrogen and oxygen atoms in total. The Hall–Kier alpha value is -1.62. The van der Waals surface area contributed by atoms with E-state index in [0.29, 0.717) is 6.04 Å². The maximum absolute atomic E-state index is 10.8. The van der Waals surface area contributed by atoms with Gasteiger partial charge in [-0.1, -0.05) is 13.0 Å². The summed E-state index contributed by atoms with van der Waals surface area (Å²) in [5, 5.41) is 14.1. The van der Waals surface area contributed by atoms with Crippen molar-refractivity contribution in [3.8, 4) is 0 Å². The average molecular weight is 264 g/mol. The first kappa shape index (κ1) is 13.8. The maximum atomic E-state index is 10.8. The first-order valence-corrected chi connectivity index (χ1v) is 6.67. The minimum Gasteiger partial charge on any atom is -0.382 e. The fraction of sp³-hybridized carbons (Fsp3) is 0.571. The summed E-state index contributed by atoms with van der Waals surface area (Å²) < 4.78 is 5.80. The Balaban J connectivity index is 2.04. The molecule has 1 N–H and O–H groups in total. The molecule has 1 fully saturated rings. The van der Waals surface area contributed by atoms with Gasteiger partial charge in [0, 0.05) is 30.5 Å². The van der Waals surface area contributed by atoms with Crippen LogP contribution in [0.3, 0.4) is 0 Å². The first-order valence-electron chi connectivity index (χ1n) is 6.67. The van der Waals surface area contributed by atoms with E-state index >= 15 is 0 Å². The van der Waals surface area contributed by atoms with E-state index < -0.39 is 0 Å². The molecule has 0 aliphatic carbocycles. The van der Waals surface area contributed by atoms with Gasteiger partial charge in [0.05, 0.1) is 10.5 Å². The van der Waals surface area contributed by atoms with Gasteiger partial charge in [0.2, 0.25) is 0 Å². The third-order valence-electron chi connectivity index (χ3n) is 3.77. The summed E-state index contributed by atoms with van der Waals surface area (Å²) in [5.41, 5.74) is 0.839. The number of hydrogen-bond acceptors (Lipinski definition) is 4. The highest BCUT2D eigenvalue weighted by Crippen LogP contribution is 2.30. The third kappa shape index (κ3) is 3.44. The maximum Gasteiger partial charge on any atom is 0.271 e. The van der Waals surface area contributed by atoms with E-state index in [4.69, 9.17) is 4.74 Å². The summed E-state index contributed by atoms with van der Waals surface area (Å²) in [5.74, 6) is 0. The van der Waals surface area contributed by atoms with E-state index in [1.54, 1.807) is 12.1 Å². The summed E-state index contributed by atoms with van der Waals surface area (Å²) in [6.45, 7) is 4.97. The van der Waals surface area contributed by atoms with Crippen LogP contribution in [-0.4, -0.2) is 23.2 Å². The summed E-state index contributed by atoms with van der Waals surface area (Å²) in [7, 11) is 0. The van der Waals surface area contributed by atoms with Crippen LogP contribution in [0.2, 0.25) is 0 Å². The molecule has 0 aromatic heterocycles. The number of nitrogens with one attached hydrogen (secondary N) is 1. The Morgan fingerprint density at radius 3 is 3.05 bits per heavy atom. The smallest absolute Gasteiger partial charge is 0.271 e. The molecule has 2 rings (SSSR count). The lowest BCUT2D eigenvalue weighted by Gasteiger charge is -2.38. The highest BCUT2D eigenvalue weighted by Gasteiger charge is 2.31. The first-order chi connectivity index (χ1) is 9.02. The number of benzene rings is 1. The van der Waals surface area contributed by atoms with Crippen molar-refractivity contribution < 1.29 is 9.66 Å². The highest BCUT2D eigenvalue weighted by atomic mass is 16.6. The Morgan fingerprint density at radius 1 is 1.58 bits per heavy atom. The average Bonchev–Trinajstić information content (AvgIpc) is 2.39. The van der Waals surface area contributed by atoms with E-state index in [-0.39, 0.29) is 16.2 Å². The lowest BCUT2D eigenvalue weighted by molar-refractivity contribution is -0.384. The van der Waals surface area contributed by atoms with Crippen LogP contribution in [0, 0.1) is 10.1 Å². The Kier molecular flexibility index (Phi) is 4.04. The largest absolute Gasteiger partial charge is 0.382 e. The lowest BCUT2D eigenvalue weighted by atomic mass is 9.90. The quantitative estimate of drug-likeness (QED) is 0.669. The van der Waals surface area contributed by atoms with Crippen LogP contribution >= 0.6 is 0 Å². The second-order valence-corrected chi connectivity index (χ2v) is 5.29. The molecule has 1 saturated heterocycles. The molecule has 1 aliphatic rings. The number of non-ortho nitro benzene ring substituents is 1. The number of rotatable bonds is 4. The predicted octanol–water partition coefficient (Wildman–Crippen LogP) is 3.35. The van der Waals surface area contributed by atoms with Crippen LogP contribution in [0.4, 0.5) is 11.4 Å². The Bertz CT molecular complexity index is 464. The highest BCUT2D eigenvalue weighted by molar-refractivity contribution is 5.51. The van der Waals surface area contributed by atoms with Crippen LogP contribution in [0.15, 0.2) is 24.3 Å². The number of nitro benzene ring substituents is 1. The summed E-state index contributed by atoms with van der Waals surface area (Å²) >= 11 is 0. The van der Waals surface area contributed by atoms with E-state index in [0.717, 1.165) is 31.6 Å². The zero-order valence-corrected chi connectivity index (χ0v) is 11.4. The monoisotopic (exact) mass is 264 g/mol. The number of hydrogen-bond donors (Lipinski definition) is 1. The normalized spacial score (nSPS) is 26.9. The molecular formula is C14H20N2O3. The van der Waals surface area contributed by atoms with Crippen molar-refractivity contribution in [1.82, 2.24) is 0 Å². The molecule has 0 spiro atoms. The van der Waals surface area contributed by atoms with Crippen molar-refractivity contribution in [1.29, 1.82) is 0 Å². The van der Waals surface area contributed by atoms with Gasteiger partial charge in [0.15, 0.2) is 0 Å². The van der Waals surface area contributed by atoms with Crippen molar-refractivity contribution >= 4 is 11.4 Å². The van der Waals surface area contributed by atoms with E-state index in [1.807, 2.05) is 6.07 Å². The standard InChI is InChI=1S/C14H20N2O3/c1-3-14(2)10-12(7-8-19-14)15-11-5-4-6-13(9-11)16(17)18/h4-6,9,12,15H,3,7-8,10H2,1-2H3. The molecule has 1 heterocycles. The Morgan fingerprint density at radius 2 is 2.37 bits per heavy atom. The number of anilines is 1. The van der Waals surface area contributed by atoms with Crippen molar-refractivity contribution in [3.63, 3.8) is 0 Å². The van der Waals surface area contributed by atoms with Crippen LogP contribution < -0.4 is 5.32 Å². The van der Waals surface area contributed by atoms with Gasteiger partial charge in [-0.05, 0) is 32.3 Å². The van der Waals surface area contributed by atoms with Gasteiger partial charge in [-0.15, -0.1) is 0 Å².